The van der Waals surface area contributed by atoms with Gasteiger partial charge in [0.05, 0.1) is 11.6 Å². The molecule has 0 amide bonds. The van der Waals surface area contributed by atoms with Gasteiger partial charge in [-0.05, 0) is 29.0 Å². The zero-order chi connectivity index (χ0) is 15.7. The maximum absolute atomic E-state index is 10.9. The Hall–Kier alpha value is -2.68. The van der Waals surface area contributed by atoms with Crippen LogP contribution >= 0.6 is 11.3 Å². The summed E-state index contributed by atoms with van der Waals surface area (Å²) in [6.45, 7) is 2.25. The van der Waals surface area contributed by atoms with E-state index in [4.69, 9.17) is 4.42 Å². The Morgan fingerprint density at radius 3 is 3.00 bits per heavy atom. The van der Waals surface area contributed by atoms with Crippen LogP contribution in [0, 0.1) is 17.0 Å². The van der Waals surface area contributed by atoms with E-state index < -0.39 is 4.92 Å². The summed E-state index contributed by atoms with van der Waals surface area (Å²) in [7, 11) is 1.69. The summed E-state index contributed by atoms with van der Waals surface area (Å²) in [5.41, 5.74) is 0.792. The molecule has 9 heteroatoms. The minimum absolute atomic E-state index is 0.204. The van der Waals surface area contributed by atoms with Crippen LogP contribution in [0.15, 0.2) is 28.3 Å². The van der Waals surface area contributed by atoms with Gasteiger partial charge >= 0.3 is 5.82 Å². The van der Waals surface area contributed by atoms with E-state index in [1.54, 1.807) is 23.0 Å². The number of nitro groups is 1. The molecule has 1 N–H and O–H groups in total. The van der Waals surface area contributed by atoms with Crippen molar-refractivity contribution < 1.29 is 9.34 Å². The van der Waals surface area contributed by atoms with Gasteiger partial charge in [-0.15, -0.1) is 11.3 Å². The fourth-order valence-electron chi connectivity index (χ4n) is 2.01. The molecule has 0 unspecified atom stereocenters. The van der Waals surface area contributed by atoms with Crippen LogP contribution in [-0.2, 0) is 13.6 Å². The topological polar surface area (TPSA) is 99.0 Å². The third-order valence-electron chi connectivity index (χ3n) is 3.05. The van der Waals surface area contributed by atoms with Crippen LogP contribution in [0.3, 0.4) is 0 Å². The van der Waals surface area contributed by atoms with E-state index in [0.29, 0.717) is 23.9 Å². The van der Waals surface area contributed by atoms with Gasteiger partial charge in [0.15, 0.2) is 5.76 Å². The van der Waals surface area contributed by atoms with E-state index in [9.17, 15) is 10.1 Å². The molecule has 0 spiro atoms. The molecule has 0 aliphatic rings. The van der Waals surface area contributed by atoms with Crippen LogP contribution in [0.25, 0.3) is 11.5 Å². The molecule has 0 fully saturated rings. The van der Waals surface area contributed by atoms with Crippen LogP contribution in [-0.4, -0.2) is 19.5 Å². The summed E-state index contributed by atoms with van der Waals surface area (Å²) in [5.74, 6) is 1.48. The second-order valence-corrected chi connectivity index (χ2v) is 5.72. The van der Waals surface area contributed by atoms with Crippen LogP contribution in [0.1, 0.15) is 10.8 Å². The highest BCUT2D eigenvalue weighted by Crippen LogP contribution is 2.25. The first-order valence-corrected chi connectivity index (χ1v) is 7.33. The number of thiazole rings is 1. The van der Waals surface area contributed by atoms with Gasteiger partial charge in [-0.1, -0.05) is 0 Å². The van der Waals surface area contributed by atoms with Gasteiger partial charge in [0.1, 0.15) is 11.5 Å². The smallest absolute Gasteiger partial charge is 0.406 e. The van der Waals surface area contributed by atoms with Crippen LogP contribution in [0.2, 0.25) is 0 Å². The second-order valence-electron chi connectivity index (χ2n) is 4.66. The average molecular weight is 319 g/mol. The Bertz CT molecular complexity index is 819. The molecule has 0 aliphatic carbocycles. The number of hydrogen-bond acceptors (Lipinski definition) is 7. The number of hydrogen-bond donors (Lipinski definition) is 1. The number of imidazole rings is 1. The molecule has 22 heavy (non-hydrogen) atoms. The summed E-state index contributed by atoms with van der Waals surface area (Å²) in [6, 6.07) is 3.66. The van der Waals surface area contributed by atoms with E-state index in [1.165, 1.54) is 6.33 Å². The number of nitrogens with one attached hydrogen (secondary N) is 1. The minimum Gasteiger partial charge on any atom is -0.458 e. The Morgan fingerprint density at radius 2 is 2.32 bits per heavy atom. The molecule has 3 aromatic rings. The lowest BCUT2D eigenvalue weighted by atomic mass is 10.3. The van der Waals surface area contributed by atoms with E-state index in [1.807, 2.05) is 24.4 Å². The Balaban J connectivity index is 1.74. The first kappa shape index (κ1) is 14.3. The summed E-state index contributed by atoms with van der Waals surface area (Å²) < 4.78 is 7.26. The number of anilines is 1. The van der Waals surface area contributed by atoms with Crippen molar-refractivity contribution in [1.29, 1.82) is 0 Å². The molecule has 3 aromatic heterocycles. The normalized spacial score (nSPS) is 10.8. The van der Waals surface area contributed by atoms with E-state index >= 15 is 0 Å². The van der Waals surface area contributed by atoms with Crippen LogP contribution in [0.4, 0.5) is 11.6 Å². The van der Waals surface area contributed by atoms with E-state index in [0.717, 1.165) is 10.7 Å². The van der Waals surface area contributed by atoms with Gasteiger partial charge in [-0.3, -0.25) is 4.57 Å². The van der Waals surface area contributed by atoms with Crippen molar-refractivity contribution in [3.05, 3.63) is 44.7 Å². The summed E-state index contributed by atoms with van der Waals surface area (Å²) in [6.07, 6.45) is 1.39. The van der Waals surface area contributed by atoms with Crippen molar-refractivity contribution in [2.24, 2.45) is 7.05 Å². The van der Waals surface area contributed by atoms with Gasteiger partial charge in [-0.2, -0.15) is 0 Å². The third kappa shape index (κ3) is 2.70. The van der Waals surface area contributed by atoms with Crippen molar-refractivity contribution in [3.63, 3.8) is 0 Å². The quantitative estimate of drug-likeness (QED) is 0.573. The Labute approximate surface area is 129 Å². The number of aromatic nitrogens is 3. The predicted octanol–water partition coefficient (Wildman–Crippen LogP) is 2.97. The second kappa shape index (κ2) is 5.60. The zero-order valence-electron chi connectivity index (χ0n) is 11.9. The number of furan rings is 1. The summed E-state index contributed by atoms with van der Waals surface area (Å²) in [4.78, 5) is 18.5. The fraction of sp³-hybridized carbons (Fsp3) is 0.231. The van der Waals surface area contributed by atoms with Gasteiger partial charge in [-0.25, -0.2) is 4.98 Å². The van der Waals surface area contributed by atoms with Gasteiger partial charge in [0.25, 0.3) is 0 Å². The largest absolute Gasteiger partial charge is 0.458 e. The molecule has 0 bridgehead atoms. The first-order chi connectivity index (χ1) is 10.5. The minimum atomic E-state index is -0.520. The Kier molecular flexibility index (Phi) is 3.63. The first-order valence-electron chi connectivity index (χ1n) is 6.45. The lowest BCUT2D eigenvalue weighted by Crippen LogP contribution is -2.05. The van der Waals surface area contributed by atoms with Crippen molar-refractivity contribution in [2.45, 2.75) is 13.5 Å². The molecule has 0 saturated carbocycles. The molecule has 8 nitrogen and oxygen atoms in total. The average Bonchev–Trinajstić information content (AvgIpc) is 3.16. The van der Waals surface area contributed by atoms with Crippen LogP contribution in [0.5, 0.6) is 0 Å². The van der Waals surface area contributed by atoms with Crippen molar-refractivity contribution >= 4 is 23.0 Å². The standard InChI is InChI=1S/C13H13N5O3S/c1-8-16-10(6-22-8)11-4-3-9(21-11)5-14-12-13(18(19)20)15-7-17(12)2/h3-4,6-7,14H,5H2,1-2H3. The molecule has 0 saturated heterocycles. The molecule has 0 atom stereocenters. The molecule has 0 radical (unpaired) electrons. The molecule has 114 valence electrons. The zero-order valence-corrected chi connectivity index (χ0v) is 12.8. The molecular formula is C13H13N5O3S. The van der Waals surface area contributed by atoms with Crippen molar-refractivity contribution in [1.82, 2.24) is 14.5 Å². The number of aryl methyl sites for hydroxylation is 2. The molecular weight excluding hydrogens is 306 g/mol. The lowest BCUT2D eigenvalue weighted by Gasteiger charge is -2.04. The highest BCUT2D eigenvalue weighted by atomic mass is 32.1. The SMILES string of the molecule is Cc1nc(-c2ccc(CNc3c([N+](=O)[O-])ncn3C)o2)cs1. The maximum Gasteiger partial charge on any atom is 0.406 e. The number of rotatable bonds is 5. The van der Waals surface area contributed by atoms with Gasteiger partial charge < -0.3 is 19.8 Å². The third-order valence-corrected chi connectivity index (χ3v) is 3.83. The number of nitrogens with zero attached hydrogens (tertiary/aromatic N) is 4. The Morgan fingerprint density at radius 1 is 1.50 bits per heavy atom. The highest BCUT2D eigenvalue weighted by Gasteiger charge is 2.20. The summed E-state index contributed by atoms with van der Waals surface area (Å²) >= 11 is 1.55. The maximum atomic E-state index is 10.9. The highest BCUT2D eigenvalue weighted by molar-refractivity contribution is 7.09. The predicted molar refractivity (Wildman–Crippen MR) is 81.7 cm³/mol. The van der Waals surface area contributed by atoms with E-state index in [2.05, 4.69) is 15.3 Å². The monoisotopic (exact) mass is 319 g/mol. The van der Waals surface area contributed by atoms with Gasteiger partial charge in [0, 0.05) is 12.4 Å². The lowest BCUT2D eigenvalue weighted by molar-refractivity contribution is -0.388. The van der Waals surface area contributed by atoms with Crippen molar-refractivity contribution in [3.8, 4) is 11.5 Å². The molecule has 3 rings (SSSR count). The van der Waals surface area contributed by atoms with E-state index in [-0.39, 0.29) is 5.82 Å². The molecule has 0 aliphatic heterocycles. The molecule has 3 heterocycles. The fourth-order valence-corrected chi connectivity index (χ4v) is 2.62. The summed E-state index contributed by atoms with van der Waals surface area (Å²) in [5, 5.41) is 16.8. The molecule has 0 aromatic carbocycles. The van der Waals surface area contributed by atoms with Crippen molar-refractivity contribution in [2.75, 3.05) is 5.32 Å². The van der Waals surface area contributed by atoms with Crippen LogP contribution < -0.4 is 5.32 Å². The van der Waals surface area contributed by atoms with Gasteiger partial charge in [0.2, 0.25) is 12.1 Å².